The summed E-state index contributed by atoms with van der Waals surface area (Å²) in [6.07, 6.45) is 4.18. The number of carbonyl (C=O) groups is 3. The standard InChI is InChI=1S/C19H27ClN4O6/c1-19(2,3)30-18(29)24-9-5-4-6-11(24)7-8-21-17-22-10-12(20)14(23-17)13(15(25)26)16(27)28/h10-11,13H,4-9H2,1-3H3,(H,25,26)(H,27,28)(H,21,22,23). The highest BCUT2D eigenvalue weighted by Gasteiger charge is 2.33. The van der Waals surface area contributed by atoms with E-state index in [0.717, 1.165) is 19.3 Å². The molecule has 0 bridgehead atoms. The molecule has 1 aliphatic rings. The average Bonchev–Trinajstić information content (AvgIpc) is 2.62. The van der Waals surface area contributed by atoms with Crippen molar-refractivity contribution in [1.82, 2.24) is 14.9 Å². The number of likely N-dealkylation sites (tertiary alicyclic amines) is 1. The van der Waals surface area contributed by atoms with Gasteiger partial charge in [-0.25, -0.2) is 14.8 Å². The second-order valence-corrected chi connectivity index (χ2v) is 8.48. The van der Waals surface area contributed by atoms with E-state index in [1.165, 1.54) is 6.20 Å². The summed E-state index contributed by atoms with van der Waals surface area (Å²) in [5.41, 5.74) is -0.863. The van der Waals surface area contributed by atoms with Gasteiger partial charge in [0.15, 0.2) is 5.92 Å². The molecular formula is C19H27ClN4O6. The van der Waals surface area contributed by atoms with Crippen LogP contribution in [0.3, 0.4) is 0 Å². The number of aromatic nitrogens is 2. The molecule has 1 aromatic rings. The predicted octanol–water partition coefficient (Wildman–Crippen LogP) is 2.97. The molecule has 1 amide bonds. The van der Waals surface area contributed by atoms with E-state index in [9.17, 15) is 14.4 Å². The molecule has 10 nitrogen and oxygen atoms in total. The number of piperidine rings is 1. The van der Waals surface area contributed by atoms with Crippen LogP contribution in [0.5, 0.6) is 0 Å². The Bertz CT molecular complexity index is 784. The number of nitrogens with one attached hydrogen (secondary N) is 1. The molecule has 1 aliphatic heterocycles. The third kappa shape index (κ3) is 6.45. The number of aliphatic carboxylic acids is 2. The molecule has 30 heavy (non-hydrogen) atoms. The van der Waals surface area contributed by atoms with Crippen LogP contribution in [0.4, 0.5) is 10.7 Å². The van der Waals surface area contributed by atoms with E-state index in [1.54, 1.807) is 4.90 Å². The summed E-state index contributed by atoms with van der Waals surface area (Å²) >= 11 is 5.90. The van der Waals surface area contributed by atoms with Crippen molar-refractivity contribution in [1.29, 1.82) is 0 Å². The number of hydrogen-bond donors (Lipinski definition) is 3. The molecule has 1 aromatic heterocycles. The van der Waals surface area contributed by atoms with Gasteiger partial charge in [-0.1, -0.05) is 11.6 Å². The van der Waals surface area contributed by atoms with Crippen LogP contribution >= 0.6 is 11.6 Å². The normalized spacial score (nSPS) is 17.0. The van der Waals surface area contributed by atoms with E-state index in [-0.39, 0.29) is 28.8 Å². The third-order valence-electron chi connectivity index (χ3n) is 4.55. The number of carbonyl (C=O) groups excluding carboxylic acids is 1. The lowest BCUT2D eigenvalue weighted by atomic mass is 10.00. The van der Waals surface area contributed by atoms with Crippen LogP contribution in [-0.2, 0) is 14.3 Å². The number of carboxylic acids is 2. The second kappa shape index (κ2) is 9.92. The van der Waals surface area contributed by atoms with E-state index >= 15 is 0 Å². The quantitative estimate of drug-likeness (QED) is 0.543. The van der Waals surface area contributed by atoms with Crippen molar-refractivity contribution in [3.05, 3.63) is 16.9 Å². The van der Waals surface area contributed by atoms with Crippen molar-refractivity contribution in [2.45, 2.75) is 64.0 Å². The monoisotopic (exact) mass is 442 g/mol. The third-order valence-corrected chi connectivity index (χ3v) is 4.85. The maximum atomic E-state index is 12.5. The lowest BCUT2D eigenvalue weighted by molar-refractivity contribution is -0.150. The molecule has 1 fully saturated rings. The van der Waals surface area contributed by atoms with Gasteiger partial charge in [-0.15, -0.1) is 0 Å². The van der Waals surface area contributed by atoms with Crippen LogP contribution in [0.25, 0.3) is 0 Å². The molecule has 166 valence electrons. The minimum Gasteiger partial charge on any atom is -0.480 e. The lowest BCUT2D eigenvalue weighted by Gasteiger charge is -2.36. The fraction of sp³-hybridized carbons (Fsp3) is 0.632. The Hall–Kier alpha value is -2.62. The maximum absolute atomic E-state index is 12.5. The first kappa shape index (κ1) is 23.7. The Labute approximate surface area is 179 Å². The van der Waals surface area contributed by atoms with Crippen LogP contribution in [0.15, 0.2) is 6.20 Å². The van der Waals surface area contributed by atoms with Crippen LogP contribution in [-0.4, -0.2) is 67.8 Å². The topological polar surface area (TPSA) is 142 Å². The highest BCUT2D eigenvalue weighted by molar-refractivity contribution is 6.31. The molecular weight excluding hydrogens is 416 g/mol. The summed E-state index contributed by atoms with van der Waals surface area (Å²) in [7, 11) is 0. The van der Waals surface area contributed by atoms with Crippen molar-refractivity contribution in [3.8, 4) is 0 Å². The Kier molecular flexibility index (Phi) is 7.83. The molecule has 1 atom stereocenters. The van der Waals surface area contributed by atoms with Crippen molar-refractivity contribution in [3.63, 3.8) is 0 Å². The van der Waals surface area contributed by atoms with Gasteiger partial charge in [-0.2, -0.15) is 0 Å². The molecule has 2 rings (SSSR count). The van der Waals surface area contributed by atoms with Crippen LogP contribution in [0.2, 0.25) is 5.02 Å². The molecule has 1 saturated heterocycles. The van der Waals surface area contributed by atoms with Gasteiger partial charge >= 0.3 is 18.0 Å². The first-order valence-corrected chi connectivity index (χ1v) is 10.1. The summed E-state index contributed by atoms with van der Waals surface area (Å²) in [6, 6.07) is -0.0151. The van der Waals surface area contributed by atoms with Gasteiger partial charge in [0.2, 0.25) is 5.95 Å². The summed E-state index contributed by atoms with van der Waals surface area (Å²) in [5, 5.41) is 21.1. The zero-order chi connectivity index (χ0) is 22.5. The minimum absolute atomic E-state index is 0.0151. The fourth-order valence-electron chi connectivity index (χ4n) is 3.22. The average molecular weight is 443 g/mol. The van der Waals surface area contributed by atoms with E-state index in [4.69, 9.17) is 26.6 Å². The maximum Gasteiger partial charge on any atom is 0.410 e. The number of hydrogen-bond acceptors (Lipinski definition) is 7. The van der Waals surface area contributed by atoms with Crippen LogP contribution < -0.4 is 5.32 Å². The zero-order valence-corrected chi connectivity index (χ0v) is 18.0. The number of rotatable bonds is 7. The van der Waals surface area contributed by atoms with Gasteiger partial charge in [0.1, 0.15) is 5.60 Å². The number of halogens is 1. The van der Waals surface area contributed by atoms with E-state index < -0.39 is 23.5 Å². The first-order valence-electron chi connectivity index (χ1n) is 9.71. The van der Waals surface area contributed by atoms with E-state index in [2.05, 4.69) is 15.3 Å². The number of nitrogens with zero attached hydrogens (tertiary/aromatic N) is 3. The Morgan fingerprint density at radius 1 is 1.30 bits per heavy atom. The van der Waals surface area contributed by atoms with Crippen molar-refractivity contribution in [2.75, 3.05) is 18.4 Å². The molecule has 0 saturated carbocycles. The largest absolute Gasteiger partial charge is 0.480 e. The van der Waals surface area contributed by atoms with Crippen LogP contribution in [0.1, 0.15) is 58.1 Å². The zero-order valence-electron chi connectivity index (χ0n) is 17.2. The SMILES string of the molecule is CC(C)(C)OC(=O)N1CCCCC1CCNc1ncc(Cl)c(C(C(=O)O)C(=O)O)n1. The van der Waals surface area contributed by atoms with Gasteiger partial charge in [-0.05, 0) is 46.5 Å². The predicted molar refractivity (Wildman–Crippen MR) is 109 cm³/mol. The van der Waals surface area contributed by atoms with Gasteiger partial charge in [0.05, 0.1) is 16.9 Å². The van der Waals surface area contributed by atoms with Crippen molar-refractivity contribution >= 4 is 35.6 Å². The molecule has 0 spiro atoms. The summed E-state index contributed by atoms with van der Waals surface area (Å²) < 4.78 is 5.49. The number of anilines is 1. The molecule has 1 unspecified atom stereocenters. The number of carboxylic acid groups (broad SMARTS) is 2. The van der Waals surface area contributed by atoms with Gasteiger partial charge in [-0.3, -0.25) is 9.59 Å². The Morgan fingerprint density at radius 3 is 2.57 bits per heavy atom. The summed E-state index contributed by atoms with van der Waals surface area (Å²) in [6.45, 7) is 6.49. The summed E-state index contributed by atoms with van der Waals surface area (Å²) in [4.78, 5) is 44.7. The molecule has 0 aliphatic carbocycles. The molecule has 3 N–H and O–H groups in total. The van der Waals surface area contributed by atoms with E-state index in [1.807, 2.05) is 20.8 Å². The highest BCUT2D eigenvalue weighted by Crippen LogP contribution is 2.25. The molecule has 2 heterocycles. The Balaban J connectivity index is 2.03. The first-order chi connectivity index (χ1) is 14.0. The fourth-order valence-corrected chi connectivity index (χ4v) is 3.42. The van der Waals surface area contributed by atoms with Crippen LogP contribution in [0, 0.1) is 0 Å². The van der Waals surface area contributed by atoms with Crippen molar-refractivity contribution < 1.29 is 29.3 Å². The minimum atomic E-state index is -1.89. The molecule has 11 heteroatoms. The smallest absolute Gasteiger partial charge is 0.410 e. The van der Waals surface area contributed by atoms with Crippen molar-refractivity contribution in [2.24, 2.45) is 0 Å². The second-order valence-electron chi connectivity index (χ2n) is 8.08. The van der Waals surface area contributed by atoms with Gasteiger partial charge in [0, 0.05) is 19.1 Å². The van der Waals surface area contributed by atoms with Gasteiger partial charge < -0.3 is 25.2 Å². The highest BCUT2D eigenvalue weighted by atomic mass is 35.5. The number of amides is 1. The number of ether oxygens (including phenoxy) is 1. The molecule has 0 aromatic carbocycles. The van der Waals surface area contributed by atoms with E-state index in [0.29, 0.717) is 19.5 Å². The molecule has 0 radical (unpaired) electrons. The lowest BCUT2D eigenvalue weighted by Crippen LogP contribution is -2.46. The van der Waals surface area contributed by atoms with Gasteiger partial charge in [0.25, 0.3) is 0 Å². The Morgan fingerprint density at radius 2 is 1.97 bits per heavy atom. The summed E-state index contributed by atoms with van der Waals surface area (Å²) in [5.74, 6) is -4.95.